The molecule has 3 rings (SSSR count). The van der Waals surface area contributed by atoms with Gasteiger partial charge in [-0.15, -0.1) is 5.06 Å². The maximum atomic E-state index is 12.3. The summed E-state index contributed by atoms with van der Waals surface area (Å²) in [6.45, 7) is 0.586. The van der Waals surface area contributed by atoms with Crippen molar-refractivity contribution < 1.29 is 33.1 Å². The van der Waals surface area contributed by atoms with E-state index in [1.807, 2.05) is 0 Å². The molecule has 10 nitrogen and oxygen atoms in total. The van der Waals surface area contributed by atoms with Crippen LogP contribution in [0.2, 0.25) is 0 Å². The molecular weight excluding hydrogens is 462 g/mol. The molecule has 2 heterocycles. The summed E-state index contributed by atoms with van der Waals surface area (Å²) < 4.78 is 22.6. The van der Waals surface area contributed by atoms with E-state index in [0.29, 0.717) is 18.8 Å². The highest BCUT2D eigenvalue weighted by Crippen LogP contribution is 2.37. The van der Waals surface area contributed by atoms with Gasteiger partial charge in [0.2, 0.25) is 0 Å². The lowest BCUT2D eigenvalue weighted by atomic mass is 9.76. The van der Waals surface area contributed by atoms with Gasteiger partial charge in [0.05, 0.1) is 5.75 Å². The Labute approximate surface area is 200 Å². The number of hydroxylamine groups is 2. The lowest BCUT2D eigenvalue weighted by Crippen LogP contribution is -2.53. The lowest BCUT2D eigenvalue weighted by Gasteiger charge is -2.43. The fraction of sp³-hybridized carbons (Fsp3) is 0.696. The first kappa shape index (κ1) is 26.4. The smallest absolute Gasteiger partial charge is 0.325 e. The van der Waals surface area contributed by atoms with Gasteiger partial charge in [0, 0.05) is 37.6 Å². The zero-order chi connectivity index (χ0) is 24.7. The molecule has 1 aromatic heterocycles. The number of carbonyl (C=O) groups excluding carboxylic acids is 1. The van der Waals surface area contributed by atoms with Gasteiger partial charge < -0.3 is 20.4 Å². The molecule has 2 aliphatic rings. The number of hydrogen-bond acceptors (Lipinski definition) is 9. The maximum Gasteiger partial charge on any atom is 0.325 e. The Morgan fingerprint density at radius 2 is 2.09 bits per heavy atom. The number of anilines is 1. The molecule has 0 radical (unpaired) electrons. The number of aliphatic hydroxyl groups excluding tert-OH is 1. The number of carboxylic acids is 1. The van der Waals surface area contributed by atoms with Crippen LogP contribution in [0.4, 0.5) is 5.82 Å². The Bertz CT molecular complexity index is 963. The predicted octanol–water partition coefficient (Wildman–Crippen LogP) is 1.57. The second kappa shape index (κ2) is 11.9. The number of rotatable bonds is 13. The van der Waals surface area contributed by atoms with Gasteiger partial charge in [0.1, 0.15) is 21.7 Å². The number of nitrogens with one attached hydrogen (secondary N) is 1. The average molecular weight is 498 g/mol. The van der Waals surface area contributed by atoms with E-state index in [1.54, 1.807) is 0 Å². The molecule has 0 aromatic carbocycles. The number of aryl methyl sites for hydroxylation is 2. The van der Waals surface area contributed by atoms with Crippen molar-refractivity contribution in [3.8, 4) is 0 Å². The number of hydrogen-bond donors (Lipinski definition) is 3. The number of nitrogens with zero attached hydrogens (tertiary/aromatic N) is 2. The van der Waals surface area contributed by atoms with Crippen molar-refractivity contribution >= 4 is 27.6 Å². The second-order valence-corrected chi connectivity index (χ2v) is 11.6. The van der Waals surface area contributed by atoms with Crippen LogP contribution in [0.25, 0.3) is 0 Å². The van der Waals surface area contributed by atoms with Crippen molar-refractivity contribution in [2.75, 3.05) is 30.5 Å². The molecule has 1 aromatic rings. The zero-order valence-electron chi connectivity index (χ0n) is 19.6. The number of sulfone groups is 1. The summed E-state index contributed by atoms with van der Waals surface area (Å²) in [7, 11) is -3.20. The summed E-state index contributed by atoms with van der Waals surface area (Å²) in [6.07, 6.45) is 6.24. The highest BCUT2D eigenvalue weighted by molar-refractivity contribution is 7.90. The number of pyridine rings is 1. The molecule has 0 saturated heterocycles. The van der Waals surface area contributed by atoms with E-state index < -0.39 is 27.8 Å². The van der Waals surface area contributed by atoms with Crippen molar-refractivity contribution in [2.24, 2.45) is 5.92 Å². The number of carbonyl (C=O) groups is 2. The van der Waals surface area contributed by atoms with Crippen LogP contribution in [0.3, 0.4) is 0 Å². The molecule has 190 valence electrons. The van der Waals surface area contributed by atoms with Crippen LogP contribution in [-0.2, 0) is 37.1 Å². The Morgan fingerprint density at radius 3 is 2.76 bits per heavy atom. The molecule has 1 fully saturated rings. The molecule has 0 unspecified atom stereocenters. The average Bonchev–Trinajstić information content (AvgIpc) is 2.74. The Balaban J connectivity index is 1.54. The number of carboxylic acid groups (broad SMARTS) is 1. The normalized spacial score (nSPS) is 20.7. The largest absolute Gasteiger partial charge is 0.480 e. The van der Waals surface area contributed by atoms with Gasteiger partial charge in [-0.3, -0.25) is 9.59 Å². The molecule has 11 heteroatoms. The van der Waals surface area contributed by atoms with Gasteiger partial charge in [0.25, 0.3) is 0 Å². The number of aromatic nitrogens is 1. The molecule has 0 bridgehead atoms. The van der Waals surface area contributed by atoms with Crippen LogP contribution in [0.1, 0.15) is 56.2 Å². The van der Waals surface area contributed by atoms with Crippen molar-refractivity contribution in [2.45, 2.75) is 69.9 Å². The van der Waals surface area contributed by atoms with Crippen LogP contribution in [0.15, 0.2) is 12.1 Å². The van der Waals surface area contributed by atoms with Crippen molar-refractivity contribution in [3.63, 3.8) is 0 Å². The van der Waals surface area contributed by atoms with Crippen LogP contribution in [0.5, 0.6) is 0 Å². The quantitative estimate of drug-likeness (QED) is 0.343. The molecule has 3 N–H and O–H groups in total. The van der Waals surface area contributed by atoms with E-state index in [-0.39, 0.29) is 37.7 Å². The molecule has 0 spiro atoms. The number of aliphatic hydroxyl groups is 1. The molecule has 1 saturated carbocycles. The van der Waals surface area contributed by atoms with Gasteiger partial charge in [-0.05, 0) is 68.9 Å². The first-order valence-electron chi connectivity index (χ1n) is 11.9. The van der Waals surface area contributed by atoms with Crippen LogP contribution in [-0.4, -0.2) is 77.9 Å². The van der Waals surface area contributed by atoms with Crippen LogP contribution < -0.4 is 5.32 Å². The fourth-order valence-corrected chi connectivity index (χ4v) is 5.19. The molecule has 1 aliphatic heterocycles. The van der Waals surface area contributed by atoms with Crippen LogP contribution in [0, 0.1) is 5.92 Å². The summed E-state index contributed by atoms with van der Waals surface area (Å²) in [5.74, 6) is -0.656. The molecular formula is C23H35N3O7S. The number of aliphatic carboxylic acids is 1. The van der Waals surface area contributed by atoms with Crippen LogP contribution >= 0.6 is 0 Å². The minimum absolute atomic E-state index is 0.0703. The van der Waals surface area contributed by atoms with E-state index in [1.165, 1.54) is 10.6 Å². The van der Waals surface area contributed by atoms with E-state index in [2.05, 4.69) is 17.4 Å². The summed E-state index contributed by atoms with van der Waals surface area (Å²) in [4.78, 5) is 34.2. The standard InChI is InChI=1S/C23H35N3O7S/c1-34(31,32)13-3-5-21(28)33-26(20(10-12-27)23(29)30)19-14-16(15-19)6-8-18-9-7-17-4-2-11-24-22(17)25-18/h7,9,16,19-20,27H,2-6,8,10-15H2,1H3,(H,24,25)(H,29,30)/t16?,19?,20-/m0/s1. The lowest BCUT2D eigenvalue weighted by molar-refractivity contribution is -0.233. The summed E-state index contributed by atoms with van der Waals surface area (Å²) in [5, 5.41) is 23.5. The van der Waals surface area contributed by atoms with Gasteiger partial charge >= 0.3 is 11.9 Å². The van der Waals surface area contributed by atoms with Gasteiger partial charge in [0.15, 0.2) is 0 Å². The van der Waals surface area contributed by atoms with Gasteiger partial charge in [-0.25, -0.2) is 13.4 Å². The number of fused-ring (bicyclic) bond motifs is 1. The Hall–Kier alpha value is -2.24. The highest BCUT2D eigenvalue weighted by Gasteiger charge is 2.41. The third-order valence-electron chi connectivity index (χ3n) is 6.43. The SMILES string of the molecule is CS(=O)(=O)CCCC(=O)ON(C1CC(CCc2ccc3c(n2)NCCC3)C1)[C@@H](CCO)C(=O)O. The zero-order valence-corrected chi connectivity index (χ0v) is 20.4. The topological polar surface area (TPSA) is 146 Å². The second-order valence-electron chi connectivity index (χ2n) is 9.29. The van der Waals surface area contributed by atoms with E-state index in [0.717, 1.165) is 50.0 Å². The molecule has 34 heavy (non-hydrogen) atoms. The Morgan fingerprint density at radius 1 is 1.32 bits per heavy atom. The predicted molar refractivity (Wildman–Crippen MR) is 126 cm³/mol. The van der Waals surface area contributed by atoms with Crippen molar-refractivity contribution in [1.82, 2.24) is 10.0 Å². The minimum atomic E-state index is -3.20. The first-order chi connectivity index (χ1) is 16.2. The summed E-state index contributed by atoms with van der Waals surface area (Å²) in [5.41, 5.74) is 2.27. The van der Waals surface area contributed by atoms with Crippen molar-refractivity contribution in [3.05, 3.63) is 23.4 Å². The summed E-state index contributed by atoms with van der Waals surface area (Å²) >= 11 is 0. The van der Waals surface area contributed by atoms with E-state index in [4.69, 9.17) is 9.82 Å². The van der Waals surface area contributed by atoms with E-state index in [9.17, 15) is 28.2 Å². The third-order valence-corrected chi connectivity index (χ3v) is 7.46. The Kier molecular flexibility index (Phi) is 9.26. The van der Waals surface area contributed by atoms with Gasteiger partial charge in [-0.1, -0.05) is 6.07 Å². The highest BCUT2D eigenvalue weighted by atomic mass is 32.2. The third kappa shape index (κ3) is 7.64. The van der Waals surface area contributed by atoms with E-state index >= 15 is 0 Å². The molecule has 1 atom stereocenters. The first-order valence-corrected chi connectivity index (χ1v) is 14.0. The fourth-order valence-electron chi connectivity index (χ4n) is 4.52. The molecule has 1 aliphatic carbocycles. The van der Waals surface area contributed by atoms with Gasteiger partial charge in [-0.2, -0.15) is 0 Å². The minimum Gasteiger partial charge on any atom is -0.480 e. The van der Waals surface area contributed by atoms with Crippen molar-refractivity contribution in [1.29, 1.82) is 0 Å². The molecule has 0 amide bonds. The monoisotopic (exact) mass is 497 g/mol. The maximum absolute atomic E-state index is 12.3. The summed E-state index contributed by atoms with van der Waals surface area (Å²) in [6, 6.07) is 2.79.